The van der Waals surface area contributed by atoms with Crippen LogP contribution in [0.1, 0.15) is 11.7 Å². The van der Waals surface area contributed by atoms with Crippen LogP contribution in [0.4, 0.5) is 4.39 Å². The van der Waals surface area contributed by atoms with Crippen molar-refractivity contribution >= 4 is 0 Å². The molecule has 0 aromatic carbocycles. The minimum absolute atomic E-state index is 0.0856. The topological polar surface area (TPSA) is 79.4 Å². The predicted octanol–water partition coefficient (Wildman–Crippen LogP) is -0.426. The number of pyridine rings is 1. The maximum Gasteiger partial charge on any atom is 0.141 e. The minimum Gasteiger partial charge on any atom is -0.389 e. The molecular formula is C8H11FN2O2. The molecule has 1 heterocycles. The van der Waals surface area contributed by atoms with E-state index in [4.69, 9.17) is 10.8 Å². The van der Waals surface area contributed by atoms with Gasteiger partial charge in [0.15, 0.2) is 0 Å². The summed E-state index contributed by atoms with van der Waals surface area (Å²) in [7, 11) is 0. The molecule has 0 aliphatic heterocycles. The normalized spacial score (nSPS) is 15.4. The van der Waals surface area contributed by atoms with Crippen molar-refractivity contribution in [2.24, 2.45) is 5.73 Å². The van der Waals surface area contributed by atoms with E-state index in [-0.39, 0.29) is 12.1 Å². The highest BCUT2D eigenvalue weighted by Crippen LogP contribution is 2.15. The van der Waals surface area contributed by atoms with Crippen molar-refractivity contribution in [1.82, 2.24) is 4.98 Å². The van der Waals surface area contributed by atoms with Gasteiger partial charge in [0.1, 0.15) is 11.9 Å². The third-order valence-corrected chi connectivity index (χ3v) is 1.67. The average molecular weight is 186 g/mol. The van der Waals surface area contributed by atoms with Gasteiger partial charge in [0.05, 0.1) is 12.3 Å². The zero-order valence-electron chi connectivity index (χ0n) is 6.89. The van der Waals surface area contributed by atoms with E-state index in [0.29, 0.717) is 0 Å². The molecule has 0 bridgehead atoms. The van der Waals surface area contributed by atoms with Crippen LogP contribution in [-0.2, 0) is 0 Å². The molecule has 0 fully saturated rings. The number of aliphatic hydroxyl groups excluding tert-OH is 2. The Balaban J connectivity index is 2.82. The van der Waals surface area contributed by atoms with Crippen molar-refractivity contribution in [1.29, 1.82) is 0 Å². The van der Waals surface area contributed by atoms with Gasteiger partial charge in [0.25, 0.3) is 0 Å². The van der Waals surface area contributed by atoms with Crippen LogP contribution in [-0.4, -0.2) is 27.8 Å². The molecule has 0 spiro atoms. The first-order valence-corrected chi connectivity index (χ1v) is 3.81. The van der Waals surface area contributed by atoms with Gasteiger partial charge in [-0.3, -0.25) is 4.98 Å². The van der Waals surface area contributed by atoms with Gasteiger partial charge in [0, 0.05) is 18.3 Å². The quantitative estimate of drug-likeness (QED) is 0.598. The molecule has 1 aromatic rings. The average Bonchev–Trinajstić information content (AvgIpc) is 2.15. The number of nitrogens with two attached hydrogens (primary N) is 1. The van der Waals surface area contributed by atoms with Gasteiger partial charge in [-0.25, -0.2) is 4.39 Å². The molecule has 2 atom stereocenters. The molecule has 0 saturated heterocycles. The van der Waals surface area contributed by atoms with E-state index in [1.165, 1.54) is 6.20 Å². The number of aromatic nitrogens is 1. The summed E-state index contributed by atoms with van der Waals surface area (Å²) in [5, 5.41) is 18.5. The molecule has 5 heteroatoms. The fraction of sp³-hybridized carbons (Fsp3) is 0.375. The van der Waals surface area contributed by atoms with Crippen molar-refractivity contribution in [2.75, 3.05) is 6.54 Å². The summed E-state index contributed by atoms with van der Waals surface area (Å²) >= 11 is 0. The molecular weight excluding hydrogens is 175 g/mol. The molecule has 1 aromatic heterocycles. The molecule has 72 valence electrons. The number of nitrogens with zero attached hydrogens (tertiary/aromatic N) is 1. The second kappa shape index (κ2) is 4.27. The van der Waals surface area contributed by atoms with Crippen LogP contribution < -0.4 is 5.73 Å². The van der Waals surface area contributed by atoms with Crippen LogP contribution in [0.2, 0.25) is 0 Å². The van der Waals surface area contributed by atoms with Crippen molar-refractivity contribution in [3.05, 3.63) is 29.8 Å². The lowest BCUT2D eigenvalue weighted by atomic mass is 10.1. The first kappa shape index (κ1) is 10.0. The summed E-state index contributed by atoms with van der Waals surface area (Å²) in [6, 6.07) is 1.11. The molecule has 0 radical (unpaired) electrons. The van der Waals surface area contributed by atoms with Gasteiger partial charge >= 0.3 is 0 Å². The SMILES string of the molecule is NCC(O)C(O)c1cncc(F)c1. The van der Waals surface area contributed by atoms with Crippen LogP contribution in [0.15, 0.2) is 18.5 Å². The molecule has 13 heavy (non-hydrogen) atoms. The first-order chi connectivity index (χ1) is 6.15. The van der Waals surface area contributed by atoms with E-state index in [1.807, 2.05) is 0 Å². The Bertz CT molecular complexity index is 283. The lowest BCUT2D eigenvalue weighted by Crippen LogP contribution is -2.27. The van der Waals surface area contributed by atoms with E-state index in [0.717, 1.165) is 12.3 Å². The summed E-state index contributed by atoms with van der Waals surface area (Å²) in [5.74, 6) is -0.555. The molecule has 0 saturated carbocycles. The van der Waals surface area contributed by atoms with Crippen LogP contribution in [0.25, 0.3) is 0 Å². The van der Waals surface area contributed by atoms with Gasteiger partial charge in [0.2, 0.25) is 0 Å². The first-order valence-electron chi connectivity index (χ1n) is 3.81. The smallest absolute Gasteiger partial charge is 0.141 e. The Morgan fingerprint density at radius 3 is 2.69 bits per heavy atom. The zero-order valence-corrected chi connectivity index (χ0v) is 6.89. The van der Waals surface area contributed by atoms with E-state index >= 15 is 0 Å². The Morgan fingerprint density at radius 2 is 2.15 bits per heavy atom. The second-order valence-corrected chi connectivity index (χ2v) is 2.68. The summed E-state index contributed by atoms with van der Waals surface area (Å²) in [5.41, 5.74) is 5.34. The van der Waals surface area contributed by atoms with Crippen molar-refractivity contribution in [3.63, 3.8) is 0 Å². The number of halogens is 1. The molecule has 0 amide bonds. The van der Waals surface area contributed by atoms with Crippen molar-refractivity contribution in [3.8, 4) is 0 Å². The summed E-state index contributed by atoms with van der Waals surface area (Å²) in [6.45, 7) is -0.0856. The Labute approximate surface area is 74.8 Å². The predicted molar refractivity (Wildman–Crippen MR) is 44.2 cm³/mol. The lowest BCUT2D eigenvalue weighted by molar-refractivity contribution is 0.0239. The van der Waals surface area contributed by atoms with E-state index in [1.54, 1.807) is 0 Å². The maximum atomic E-state index is 12.6. The molecule has 0 aliphatic rings. The molecule has 1 rings (SSSR count). The highest BCUT2D eigenvalue weighted by atomic mass is 19.1. The maximum absolute atomic E-state index is 12.6. The summed E-state index contributed by atoms with van der Waals surface area (Å²) in [4.78, 5) is 3.54. The second-order valence-electron chi connectivity index (χ2n) is 2.68. The summed E-state index contributed by atoms with van der Waals surface area (Å²) in [6.07, 6.45) is 0.0225. The zero-order chi connectivity index (χ0) is 9.84. The third kappa shape index (κ3) is 2.45. The van der Waals surface area contributed by atoms with E-state index in [9.17, 15) is 9.50 Å². The monoisotopic (exact) mass is 186 g/mol. The Kier molecular flexibility index (Phi) is 3.30. The van der Waals surface area contributed by atoms with Gasteiger partial charge in [-0.15, -0.1) is 0 Å². The van der Waals surface area contributed by atoms with Crippen LogP contribution in [0, 0.1) is 5.82 Å². The van der Waals surface area contributed by atoms with E-state index in [2.05, 4.69) is 4.98 Å². The Hall–Kier alpha value is -1.04. The van der Waals surface area contributed by atoms with Crippen LogP contribution in [0.3, 0.4) is 0 Å². The molecule has 4 nitrogen and oxygen atoms in total. The lowest BCUT2D eigenvalue weighted by Gasteiger charge is -2.15. The third-order valence-electron chi connectivity index (χ3n) is 1.67. The fourth-order valence-electron chi connectivity index (χ4n) is 0.941. The minimum atomic E-state index is -1.19. The fourth-order valence-corrected chi connectivity index (χ4v) is 0.941. The van der Waals surface area contributed by atoms with Crippen LogP contribution >= 0.6 is 0 Å². The van der Waals surface area contributed by atoms with Gasteiger partial charge in [-0.1, -0.05) is 0 Å². The number of hydrogen-bond acceptors (Lipinski definition) is 4. The van der Waals surface area contributed by atoms with Crippen molar-refractivity contribution < 1.29 is 14.6 Å². The highest BCUT2D eigenvalue weighted by Gasteiger charge is 2.17. The Morgan fingerprint density at radius 1 is 1.46 bits per heavy atom. The largest absolute Gasteiger partial charge is 0.389 e. The molecule has 2 unspecified atom stereocenters. The van der Waals surface area contributed by atoms with Gasteiger partial charge < -0.3 is 15.9 Å². The highest BCUT2D eigenvalue weighted by molar-refractivity contribution is 5.14. The van der Waals surface area contributed by atoms with Crippen LogP contribution in [0.5, 0.6) is 0 Å². The number of hydrogen-bond donors (Lipinski definition) is 3. The molecule has 4 N–H and O–H groups in total. The number of aliphatic hydroxyl groups is 2. The molecule has 0 aliphatic carbocycles. The number of rotatable bonds is 3. The van der Waals surface area contributed by atoms with E-state index < -0.39 is 18.0 Å². The van der Waals surface area contributed by atoms with Gasteiger partial charge in [-0.05, 0) is 6.07 Å². The van der Waals surface area contributed by atoms with Gasteiger partial charge in [-0.2, -0.15) is 0 Å². The van der Waals surface area contributed by atoms with Crippen molar-refractivity contribution in [2.45, 2.75) is 12.2 Å². The summed E-state index contributed by atoms with van der Waals surface area (Å²) < 4.78 is 12.6. The standard InChI is InChI=1S/C8H11FN2O2/c9-6-1-5(3-11-4-6)8(13)7(12)2-10/h1,3-4,7-8,12-13H,2,10H2.